The fraction of sp³-hybridized carbons (Fsp3) is 0.636. The van der Waals surface area contributed by atoms with Crippen LogP contribution in [0.4, 0.5) is 5.82 Å². The molecular formula is C11H16ClN3. The zero-order valence-corrected chi connectivity index (χ0v) is 9.93. The summed E-state index contributed by atoms with van der Waals surface area (Å²) in [4.78, 5) is 8.63. The molecule has 1 aliphatic carbocycles. The van der Waals surface area contributed by atoms with Crippen molar-refractivity contribution in [3.8, 4) is 0 Å². The summed E-state index contributed by atoms with van der Waals surface area (Å²) < 4.78 is 0. The van der Waals surface area contributed by atoms with Gasteiger partial charge in [-0.1, -0.05) is 18.0 Å². The van der Waals surface area contributed by atoms with Crippen LogP contribution >= 0.6 is 11.6 Å². The van der Waals surface area contributed by atoms with E-state index in [-0.39, 0.29) is 0 Å². The monoisotopic (exact) mass is 225 g/mol. The van der Waals surface area contributed by atoms with Gasteiger partial charge >= 0.3 is 0 Å². The lowest BCUT2D eigenvalue weighted by Crippen LogP contribution is -2.21. The van der Waals surface area contributed by atoms with Gasteiger partial charge in [0.25, 0.3) is 0 Å². The minimum Gasteiger partial charge on any atom is -0.367 e. The Bertz CT molecular complexity index is 361. The van der Waals surface area contributed by atoms with Gasteiger partial charge in [0.15, 0.2) is 11.0 Å². The van der Waals surface area contributed by atoms with Crippen LogP contribution in [0.3, 0.4) is 0 Å². The van der Waals surface area contributed by atoms with Gasteiger partial charge in [-0.2, -0.15) is 0 Å². The van der Waals surface area contributed by atoms with Crippen molar-refractivity contribution in [1.82, 2.24) is 9.97 Å². The minimum atomic E-state index is 0.484. The van der Waals surface area contributed by atoms with Crippen LogP contribution in [0.1, 0.15) is 30.7 Å². The van der Waals surface area contributed by atoms with E-state index in [1.54, 1.807) is 0 Å². The Morgan fingerprint density at radius 3 is 2.53 bits per heavy atom. The maximum atomic E-state index is 6.01. The molecule has 3 nitrogen and oxygen atoms in total. The summed E-state index contributed by atoms with van der Waals surface area (Å²) in [5, 5.41) is 3.76. The minimum absolute atomic E-state index is 0.484. The second kappa shape index (κ2) is 4.35. The molecule has 4 heteroatoms. The van der Waals surface area contributed by atoms with Gasteiger partial charge < -0.3 is 5.32 Å². The first kappa shape index (κ1) is 10.7. The highest BCUT2D eigenvalue weighted by molar-refractivity contribution is 6.31. The fourth-order valence-electron chi connectivity index (χ4n) is 1.63. The second-order valence-electron chi connectivity index (χ2n) is 4.21. The number of hydrogen-bond donors (Lipinski definition) is 1. The molecule has 0 spiro atoms. The molecule has 82 valence electrons. The zero-order valence-electron chi connectivity index (χ0n) is 9.18. The first-order valence-electron chi connectivity index (χ1n) is 5.41. The molecule has 0 radical (unpaired) electrons. The molecule has 1 aromatic heterocycles. The van der Waals surface area contributed by atoms with Gasteiger partial charge in [-0.3, -0.25) is 0 Å². The van der Waals surface area contributed by atoms with Crippen LogP contribution < -0.4 is 5.32 Å². The van der Waals surface area contributed by atoms with Crippen LogP contribution in [0.25, 0.3) is 0 Å². The predicted molar refractivity (Wildman–Crippen MR) is 62.3 cm³/mol. The molecule has 15 heavy (non-hydrogen) atoms. The Morgan fingerprint density at radius 2 is 1.93 bits per heavy atom. The van der Waals surface area contributed by atoms with Crippen molar-refractivity contribution in [2.24, 2.45) is 5.92 Å². The summed E-state index contributed by atoms with van der Waals surface area (Å²) in [6.45, 7) is 4.84. The number of hydrogen-bond acceptors (Lipinski definition) is 3. The average Bonchev–Trinajstić information content (AvgIpc) is 2.11. The third-order valence-electron chi connectivity index (χ3n) is 3.05. The summed E-state index contributed by atoms with van der Waals surface area (Å²) in [7, 11) is 0. The SMILES string of the molecule is Cc1nc(Cl)c(NCC2CCC2)nc1C. The lowest BCUT2D eigenvalue weighted by Gasteiger charge is -2.25. The van der Waals surface area contributed by atoms with Crippen molar-refractivity contribution in [3.63, 3.8) is 0 Å². The molecular weight excluding hydrogens is 210 g/mol. The number of anilines is 1. The van der Waals surface area contributed by atoms with Gasteiger partial charge in [0.2, 0.25) is 0 Å². The molecule has 1 aromatic rings. The number of aryl methyl sites for hydroxylation is 2. The Kier molecular flexibility index (Phi) is 3.10. The van der Waals surface area contributed by atoms with Crippen LogP contribution in [0, 0.1) is 19.8 Å². The molecule has 0 amide bonds. The van der Waals surface area contributed by atoms with Crippen LogP contribution in [0.5, 0.6) is 0 Å². The normalized spacial score (nSPS) is 16.2. The van der Waals surface area contributed by atoms with Crippen LogP contribution in [0.15, 0.2) is 0 Å². The zero-order chi connectivity index (χ0) is 10.8. The molecule has 1 saturated carbocycles. The number of rotatable bonds is 3. The molecule has 1 N–H and O–H groups in total. The van der Waals surface area contributed by atoms with Crippen molar-refractivity contribution in [1.29, 1.82) is 0 Å². The summed E-state index contributed by atoms with van der Waals surface area (Å²) in [5.41, 5.74) is 1.84. The average molecular weight is 226 g/mol. The van der Waals surface area contributed by atoms with E-state index in [2.05, 4.69) is 15.3 Å². The van der Waals surface area contributed by atoms with E-state index in [0.29, 0.717) is 5.15 Å². The van der Waals surface area contributed by atoms with Gasteiger partial charge in [-0.05, 0) is 32.6 Å². The molecule has 2 rings (SSSR count). The summed E-state index contributed by atoms with van der Waals surface area (Å²) >= 11 is 6.01. The molecule has 0 unspecified atom stereocenters. The maximum Gasteiger partial charge on any atom is 0.171 e. The van der Waals surface area contributed by atoms with E-state index < -0.39 is 0 Å². The number of nitrogens with zero attached hydrogens (tertiary/aromatic N) is 2. The van der Waals surface area contributed by atoms with E-state index in [0.717, 1.165) is 29.7 Å². The molecule has 0 saturated heterocycles. The fourth-order valence-corrected chi connectivity index (χ4v) is 1.86. The highest BCUT2D eigenvalue weighted by Crippen LogP contribution is 2.27. The summed E-state index contributed by atoms with van der Waals surface area (Å²) in [6, 6.07) is 0. The maximum absolute atomic E-state index is 6.01. The molecule has 0 bridgehead atoms. The van der Waals surface area contributed by atoms with Crippen LogP contribution in [-0.4, -0.2) is 16.5 Å². The highest BCUT2D eigenvalue weighted by Gasteiger charge is 2.17. The molecule has 0 atom stereocenters. The molecule has 1 heterocycles. The van der Waals surface area contributed by atoms with Crippen LogP contribution in [0.2, 0.25) is 5.15 Å². The third kappa shape index (κ3) is 2.40. The van der Waals surface area contributed by atoms with Crippen LogP contribution in [-0.2, 0) is 0 Å². The van der Waals surface area contributed by atoms with Gasteiger partial charge in [0.05, 0.1) is 11.4 Å². The van der Waals surface area contributed by atoms with Crippen molar-refractivity contribution >= 4 is 17.4 Å². The van der Waals surface area contributed by atoms with E-state index in [9.17, 15) is 0 Å². The Labute approximate surface area is 95.3 Å². The molecule has 1 aliphatic rings. The van der Waals surface area contributed by atoms with Gasteiger partial charge in [0.1, 0.15) is 0 Å². The smallest absolute Gasteiger partial charge is 0.171 e. The third-order valence-corrected chi connectivity index (χ3v) is 3.31. The molecule has 0 aliphatic heterocycles. The van der Waals surface area contributed by atoms with Crippen molar-refractivity contribution in [2.45, 2.75) is 33.1 Å². The molecule has 0 aromatic carbocycles. The number of aromatic nitrogens is 2. The number of halogens is 1. The quantitative estimate of drug-likeness (QED) is 0.860. The lowest BCUT2D eigenvalue weighted by molar-refractivity contribution is 0.333. The first-order chi connectivity index (χ1) is 7.16. The lowest BCUT2D eigenvalue weighted by atomic mass is 9.85. The number of nitrogens with one attached hydrogen (secondary N) is 1. The van der Waals surface area contributed by atoms with Crippen molar-refractivity contribution in [2.75, 3.05) is 11.9 Å². The van der Waals surface area contributed by atoms with Gasteiger partial charge in [0, 0.05) is 6.54 Å². The summed E-state index contributed by atoms with van der Waals surface area (Å²) in [6.07, 6.45) is 4.00. The highest BCUT2D eigenvalue weighted by atomic mass is 35.5. The largest absolute Gasteiger partial charge is 0.367 e. The summed E-state index contributed by atoms with van der Waals surface area (Å²) in [5.74, 6) is 1.52. The van der Waals surface area contributed by atoms with E-state index in [1.165, 1.54) is 19.3 Å². The van der Waals surface area contributed by atoms with Gasteiger partial charge in [-0.25, -0.2) is 9.97 Å². The first-order valence-corrected chi connectivity index (χ1v) is 5.79. The van der Waals surface area contributed by atoms with E-state index in [4.69, 9.17) is 11.6 Å². The van der Waals surface area contributed by atoms with E-state index in [1.807, 2.05) is 13.8 Å². The topological polar surface area (TPSA) is 37.8 Å². The van der Waals surface area contributed by atoms with Crippen molar-refractivity contribution in [3.05, 3.63) is 16.5 Å². The molecule has 1 fully saturated rings. The van der Waals surface area contributed by atoms with Gasteiger partial charge in [-0.15, -0.1) is 0 Å². The second-order valence-corrected chi connectivity index (χ2v) is 4.57. The van der Waals surface area contributed by atoms with Crippen molar-refractivity contribution < 1.29 is 0 Å². The predicted octanol–water partition coefficient (Wildman–Crippen LogP) is 2.96. The Hall–Kier alpha value is -0.830. The Morgan fingerprint density at radius 1 is 1.27 bits per heavy atom. The van der Waals surface area contributed by atoms with E-state index >= 15 is 0 Å². The Balaban J connectivity index is 2.03. The standard InChI is InChI=1S/C11H16ClN3/c1-7-8(2)15-11(10(12)14-7)13-6-9-4-3-5-9/h9H,3-6H2,1-2H3,(H,13,15).